The van der Waals surface area contributed by atoms with Crippen molar-refractivity contribution >= 4 is 11.8 Å². The van der Waals surface area contributed by atoms with Gasteiger partial charge >= 0.3 is 0 Å². The molecule has 1 aliphatic heterocycles. The minimum Gasteiger partial charge on any atom is -0.489 e. The average Bonchev–Trinajstić information content (AvgIpc) is 2.95. The summed E-state index contributed by atoms with van der Waals surface area (Å²) >= 11 is 0. The van der Waals surface area contributed by atoms with Crippen LogP contribution in [-0.2, 0) is 21.6 Å². The number of carbonyl (C=O) groups excluding carboxylic acids is 2. The Labute approximate surface area is 165 Å². The molecule has 3 rings (SSSR count). The lowest BCUT2D eigenvalue weighted by atomic mass is 9.81. The maximum absolute atomic E-state index is 12.8. The van der Waals surface area contributed by atoms with E-state index in [1.165, 1.54) is 16.0 Å². The molecule has 6 nitrogen and oxygen atoms in total. The molecule has 2 amide bonds. The van der Waals surface area contributed by atoms with Crippen molar-refractivity contribution in [2.45, 2.75) is 39.2 Å². The highest BCUT2D eigenvalue weighted by Gasteiger charge is 2.44. The highest BCUT2D eigenvalue weighted by atomic mass is 16.5. The molecule has 1 saturated heterocycles. The van der Waals surface area contributed by atoms with Crippen molar-refractivity contribution in [2.75, 3.05) is 13.1 Å². The summed E-state index contributed by atoms with van der Waals surface area (Å²) in [6.45, 7) is 6.85. The molecule has 0 aliphatic carbocycles. The van der Waals surface area contributed by atoms with Crippen molar-refractivity contribution in [1.29, 1.82) is 0 Å². The van der Waals surface area contributed by atoms with Crippen LogP contribution >= 0.6 is 0 Å². The monoisotopic (exact) mass is 382 g/mol. The molecule has 2 aromatic carbocycles. The van der Waals surface area contributed by atoms with E-state index in [9.17, 15) is 9.59 Å². The highest BCUT2D eigenvalue weighted by Crippen LogP contribution is 2.36. The average molecular weight is 382 g/mol. The normalized spacial score (nSPS) is 19.0. The van der Waals surface area contributed by atoms with Crippen molar-refractivity contribution in [3.05, 3.63) is 64.7 Å². The fourth-order valence-corrected chi connectivity index (χ4v) is 3.78. The molecule has 148 valence electrons. The first-order valence-electron chi connectivity index (χ1n) is 9.34. The van der Waals surface area contributed by atoms with E-state index >= 15 is 0 Å². The van der Waals surface area contributed by atoms with Gasteiger partial charge in [0.25, 0.3) is 5.91 Å². The molecule has 1 atom stereocenters. The molecule has 0 spiro atoms. The number of nitrogens with one attached hydrogen (secondary N) is 1. The second-order valence-corrected chi connectivity index (χ2v) is 7.65. The Morgan fingerprint density at radius 3 is 2.43 bits per heavy atom. The smallest absolute Gasteiger partial charge is 0.262 e. The van der Waals surface area contributed by atoms with Crippen LogP contribution in [0, 0.1) is 13.8 Å². The number of likely N-dealkylation sites (tertiary alicyclic amines) is 1. The van der Waals surface area contributed by atoms with Gasteiger partial charge in [-0.25, -0.2) is 5.48 Å². The maximum Gasteiger partial charge on any atom is 0.262 e. The number of ether oxygens (including phenoxy) is 1. The third-order valence-electron chi connectivity index (χ3n) is 5.28. The Balaban J connectivity index is 1.66. The molecule has 6 heteroatoms. The number of aryl methyl sites for hydroxylation is 2. The first kappa shape index (κ1) is 19.9. The number of hydrogen-bond acceptors (Lipinski definition) is 4. The predicted molar refractivity (Wildman–Crippen MR) is 105 cm³/mol. The van der Waals surface area contributed by atoms with Gasteiger partial charge in [0.05, 0.1) is 5.41 Å². The number of hydrogen-bond donors (Lipinski definition) is 2. The summed E-state index contributed by atoms with van der Waals surface area (Å²) in [4.78, 5) is 25.6. The zero-order chi connectivity index (χ0) is 20.3. The SMILES string of the molecule is Cc1cc(C)cc(COc2ccc(C3(C)CCN(CC(=O)NO)C3=O)cc2)c1. The molecule has 28 heavy (non-hydrogen) atoms. The van der Waals surface area contributed by atoms with Gasteiger partial charge in [0.2, 0.25) is 5.91 Å². The number of nitrogens with zero attached hydrogens (tertiary/aromatic N) is 1. The predicted octanol–water partition coefficient (Wildman–Crippen LogP) is 2.88. The van der Waals surface area contributed by atoms with Gasteiger partial charge in [-0.1, -0.05) is 41.5 Å². The molecule has 0 saturated carbocycles. The first-order valence-corrected chi connectivity index (χ1v) is 9.34. The minimum absolute atomic E-state index is 0.111. The minimum atomic E-state index is -0.679. The molecule has 2 N–H and O–H groups in total. The van der Waals surface area contributed by atoms with Crippen LogP contribution in [0.4, 0.5) is 0 Å². The summed E-state index contributed by atoms with van der Waals surface area (Å²) in [5, 5.41) is 8.67. The van der Waals surface area contributed by atoms with Crippen molar-refractivity contribution in [1.82, 2.24) is 10.4 Å². The number of rotatable bonds is 6. The molecule has 1 unspecified atom stereocenters. The largest absolute Gasteiger partial charge is 0.489 e. The fraction of sp³-hybridized carbons (Fsp3) is 0.364. The van der Waals surface area contributed by atoms with Crippen LogP contribution in [0.3, 0.4) is 0 Å². The molecule has 2 aromatic rings. The fourth-order valence-electron chi connectivity index (χ4n) is 3.78. The van der Waals surface area contributed by atoms with Gasteiger partial charge in [-0.2, -0.15) is 0 Å². The van der Waals surface area contributed by atoms with Gasteiger partial charge in [0.1, 0.15) is 18.9 Å². The highest BCUT2D eigenvalue weighted by molar-refractivity contribution is 5.93. The molecular formula is C22H26N2O4. The topological polar surface area (TPSA) is 78.9 Å². The van der Waals surface area contributed by atoms with Gasteiger partial charge in [-0.3, -0.25) is 14.8 Å². The summed E-state index contributed by atoms with van der Waals surface area (Å²) < 4.78 is 5.89. The summed E-state index contributed by atoms with van der Waals surface area (Å²) in [7, 11) is 0. The van der Waals surface area contributed by atoms with Gasteiger partial charge < -0.3 is 9.64 Å². The van der Waals surface area contributed by atoms with Gasteiger partial charge in [0, 0.05) is 6.54 Å². The molecular weight excluding hydrogens is 356 g/mol. The van der Waals surface area contributed by atoms with Crippen molar-refractivity contribution < 1.29 is 19.5 Å². The zero-order valence-electron chi connectivity index (χ0n) is 16.5. The standard InChI is InChI=1S/C22H26N2O4/c1-15-10-16(2)12-17(11-15)14-28-19-6-4-18(5-7-19)22(3)8-9-24(21(22)26)13-20(25)23-27/h4-7,10-12,27H,8-9,13-14H2,1-3H3,(H,23,25). The Hall–Kier alpha value is -2.86. The van der Waals surface area contributed by atoms with E-state index in [-0.39, 0.29) is 12.5 Å². The lowest BCUT2D eigenvalue weighted by molar-refractivity contribution is -0.139. The zero-order valence-corrected chi connectivity index (χ0v) is 16.5. The number of hydroxylamine groups is 1. The number of benzene rings is 2. The van der Waals surface area contributed by atoms with Crippen molar-refractivity contribution in [3.8, 4) is 5.75 Å². The molecule has 0 radical (unpaired) electrons. The molecule has 1 aliphatic rings. The molecule has 0 bridgehead atoms. The Morgan fingerprint density at radius 1 is 1.18 bits per heavy atom. The quantitative estimate of drug-likeness (QED) is 0.595. The lowest BCUT2D eigenvalue weighted by Crippen LogP contribution is -2.41. The van der Waals surface area contributed by atoms with Crippen LogP contribution in [0.25, 0.3) is 0 Å². The summed E-state index contributed by atoms with van der Waals surface area (Å²) in [5.74, 6) is 0.0428. The summed E-state index contributed by atoms with van der Waals surface area (Å²) in [5.41, 5.74) is 5.33. The van der Waals surface area contributed by atoms with Crippen LogP contribution in [0.1, 0.15) is 35.6 Å². The van der Waals surface area contributed by atoms with E-state index in [1.807, 2.05) is 31.2 Å². The molecule has 0 aromatic heterocycles. The number of carbonyl (C=O) groups is 2. The Bertz CT molecular complexity index is 858. The van der Waals surface area contributed by atoms with E-state index in [2.05, 4.69) is 32.0 Å². The van der Waals surface area contributed by atoms with E-state index in [0.717, 1.165) is 16.9 Å². The van der Waals surface area contributed by atoms with Crippen LogP contribution in [0.15, 0.2) is 42.5 Å². The van der Waals surface area contributed by atoms with E-state index in [4.69, 9.17) is 9.94 Å². The lowest BCUT2D eigenvalue weighted by Gasteiger charge is -2.24. The summed E-state index contributed by atoms with van der Waals surface area (Å²) in [6, 6.07) is 13.9. The van der Waals surface area contributed by atoms with E-state index in [0.29, 0.717) is 19.6 Å². The second kappa shape index (κ2) is 8.02. The van der Waals surface area contributed by atoms with Crippen LogP contribution in [-0.4, -0.2) is 35.0 Å². The van der Waals surface area contributed by atoms with Crippen LogP contribution < -0.4 is 10.2 Å². The molecule has 1 fully saturated rings. The van der Waals surface area contributed by atoms with Crippen molar-refractivity contribution in [2.24, 2.45) is 0 Å². The van der Waals surface area contributed by atoms with Gasteiger partial charge in [-0.15, -0.1) is 0 Å². The third kappa shape index (κ3) is 4.17. The van der Waals surface area contributed by atoms with Crippen LogP contribution in [0.2, 0.25) is 0 Å². The Morgan fingerprint density at radius 2 is 1.82 bits per heavy atom. The van der Waals surface area contributed by atoms with Crippen LogP contribution in [0.5, 0.6) is 5.75 Å². The summed E-state index contributed by atoms with van der Waals surface area (Å²) in [6.07, 6.45) is 0.618. The Kier molecular flexibility index (Phi) is 5.70. The van der Waals surface area contributed by atoms with E-state index < -0.39 is 11.3 Å². The second-order valence-electron chi connectivity index (χ2n) is 7.65. The molecule has 1 heterocycles. The van der Waals surface area contributed by atoms with E-state index in [1.54, 1.807) is 5.48 Å². The van der Waals surface area contributed by atoms with Gasteiger partial charge in [0.15, 0.2) is 0 Å². The number of amides is 2. The van der Waals surface area contributed by atoms with Gasteiger partial charge in [-0.05, 0) is 50.5 Å². The maximum atomic E-state index is 12.8. The third-order valence-corrected chi connectivity index (χ3v) is 5.28. The van der Waals surface area contributed by atoms with Crippen molar-refractivity contribution in [3.63, 3.8) is 0 Å². The first-order chi connectivity index (χ1) is 13.3.